The molecule has 0 saturated heterocycles. The number of hydrogen-bond acceptors (Lipinski definition) is 4. The Bertz CT molecular complexity index is 920. The van der Waals surface area contributed by atoms with Gasteiger partial charge in [0.25, 0.3) is 0 Å². The van der Waals surface area contributed by atoms with Gasteiger partial charge in [-0.05, 0) is 43.7 Å². The molecule has 26 heavy (non-hydrogen) atoms. The van der Waals surface area contributed by atoms with Crippen LogP contribution in [0, 0.1) is 13.8 Å². The minimum absolute atomic E-state index is 0.0684. The van der Waals surface area contributed by atoms with Gasteiger partial charge in [-0.1, -0.05) is 48.0 Å². The van der Waals surface area contributed by atoms with Gasteiger partial charge in [-0.25, -0.2) is 0 Å². The number of nitrogens with one attached hydrogen (secondary N) is 3. The fraction of sp³-hybridized carbons (Fsp3) is 0.227. The van der Waals surface area contributed by atoms with Crippen molar-refractivity contribution in [2.75, 3.05) is 18.9 Å². The Hall–Kier alpha value is -2.85. The average Bonchev–Trinajstić information content (AvgIpc) is 2.69. The molecule has 3 N–H and O–H groups in total. The number of hydrogen-bond donors (Lipinski definition) is 3. The second kappa shape index (κ2) is 6.81. The van der Waals surface area contributed by atoms with Crippen molar-refractivity contribution in [3.8, 4) is 11.1 Å². The van der Waals surface area contributed by atoms with E-state index >= 15 is 0 Å². The van der Waals surface area contributed by atoms with Gasteiger partial charge in [-0.2, -0.15) is 0 Å². The van der Waals surface area contributed by atoms with Gasteiger partial charge in [-0.3, -0.25) is 10.3 Å². The molecule has 4 rings (SSSR count). The number of aliphatic imine (C=N–C) groups is 1. The second-order valence-corrected chi connectivity index (χ2v) is 6.81. The maximum absolute atomic E-state index is 4.37. The number of allylic oxidation sites excluding steroid dienone is 1. The van der Waals surface area contributed by atoms with Crippen molar-refractivity contribution in [2.24, 2.45) is 4.99 Å². The van der Waals surface area contributed by atoms with Crippen LogP contribution in [0.5, 0.6) is 0 Å². The molecule has 2 aliphatic rings. The first-order valence-corrected chi connectivity index (χ1v) is 8.98. The minimum atomic E-state index is 0.0684. The summed E-state index contributed by atoms with van der Waals surface area (Å²) in [5.41, 5.74) is 8.61. The monoisotopic (exact) mass is 344 g/mol. The predicted molar refractivity (Wildman–Crippen MR) is 109 cm³/mol. The van der Waals surface area contributed by atoms with Crippen LogP contribution in [-0.2, 0) is 0 Å². The Morgan fingerprint density at radius 1 is 1.08 bits per heavy atom. The number of fused-ring (bicyclic) bond motifs is 1. The van der Waals surface area contributed by atoms with E-state index in [1.807, 2.05) is 19.3 Å². The lowest BCUT2D eigenvalue weighted by atomic mass is 9.93. The average molecular weight is 344 g/mol. The van der Waals surface area contributed by atoms with Crippen LogP contribution in [0.15, 0.2) is 64.9 Å². The summed E-state index contributed by atoms with van der Waals surface area (Å²) in [5.74, 6) is 1.02. The lowest BCUT2D eigenvalue weighted by Gasteiger charge is -2.33. The van der Waals surface area contributed by atoms with E-state index in [-0.39, 0.29) is 6.17 Å². The van der Waals surface area contributed by atoms with Crippen molar-refractivity contribution in [3.63, 3.8) is 0 Å². The maximum atomic E-state index is 4.37. The molecule has 0 amide bonds. The summed E-state index contributed by atoms with van der Waals surface area (Å²) in [7, 11) is 1.98. The summed E-state index contributed by atoms with van der Waals surface area (Å²) >= 11 is 0. The zero-order chi connectivity index (χ0) is 18.1. The van der Waals surface area contributed by atoms with Gasteiger partial charge in [0.05, 0.1) is 6.54 Å². The number of anilines is 1. The normalized spacial score (nSPS) is 21.1. The van der Waals surface area contributed by atoms with Crippen molar-refractivity contribution in [3.05, 3.63) is 76.6 Å². The Morgan fingerprint density at radius 3 is 2.58 bits per heavy atom. The molecule has 0 radical (unpaired) electrons. The van der Waals surface area contributed by atoms with Crippen LogP contribution >= 0.6 is 0 Å². The minimum Gasteiger partial charge on any atom is -0.352 e. The summed E-state index contributed by atoms with van der Waals surface area (Å²) in [6, 6.07) is 13.1. The number of benzene rings is 2. The van der Waals surface area contributed by atoms with E-state index in [4.69, 9.17) is 0 Å². The van der Waals surface area contributed by atoms with Gasteiger partial charge in [0, 0.05) is 23.0 Å². The first-order chi connectivity index (χ1) is 12.7. The third kappa shape index (κ3) is 2.93. The molecular weight excluding hydrogens is 320 g/mol. The third-order valence-electron chi connectivity index (χ3n) is 5.07. The van der Waals surface area contributed by atoms with Crippen molar-refractivity contribution in [1.82, 2.24) is 10.6 Å². The van der Waals surface area contributed by atoms with Crippen molar-refractivity contribution in [2.45, 2.75) is 20.0 Å². The Labute approximate surface area is 154 Å². The molecule has 132 valence electrons. The second-order valence-electron chi connectivity index (χ2n) is 6.81. The smallest absolute Gasteiger partial charge is 0.110 e. The van der Waals surface area contributed by atoms with E-state index in [1.165, 1.54) is 39.1 Å². The van der Waals surface area contributed by atoms with Crippen LogP contribution in [0.3, 0.4) is 0 Å². The van der Waals surface area contributed by atoms with Crippen molar-refractivity contribution >= 4 is 11.9 Å². The molecule has 0 bridgehead atoms. The summed E-state index contributed by atoms with van der Waals surface area (Å²) in [5, 5.41) is 10.6. The zero-order valence-corrected chi connectivity index (χ0v) is 15.4. The first-order valence-electron chi connectivity index (χ1n) is 8.98. The van der Waals surface area contributed by atoms with Gasteiger partial charge in [0.2, 0.25) is 0 Å². The standard InChI is InChI=1S/C22H24N4/c1-14-6-8-16(9-7-14)18-10-11-19-20(15(18)2)25-21(26-22(19)23-3)17-5-4-12-24-13-17/h4-12,22-23,25-26H,13H2,1-3H3/t22-/m0/s1. The van der Waals surface area contributed by atoms with Crippen LogP contribution in [0.1, 0.15) is 22.9 Å². The Morgan fingerprint density at radius 2 is 1.88 bits per heavy atom. The van der Waals surface area contributed by atoms with E-state index < -0.39 is 0 Å². The Kier molecular flexibility index (Phi) is 4.35. The van der Waals surface area contributed by atoms with Crippen LogP contribution in [0.4, 0.5) is 5.69 Å². The lowest BCUT2D eigenvalue weighted by Crippen LogP contribution is -2.39. The fourth-order valence-electron chi connectivity index (χ4n) is 3.55. The largest absolute Gasteiger partial charge is 0.352 e. The number of nitrogens with zero attached hydrogens (tertiary/aromatic N) is 1. The van der Waals surface area contributed by atoms with Gasteiger partial charge >= 0.3 is 0 Å². The van der Waals surface area contributed by atoms with E-state index in [0.717, 1.165) is 5.82 Å². The number of aryl methyl sites for hydroxylation is 1. The van der Waals surface area contributed by atoms with Crippen molar-refractivity contribution < 1.29 is 0 Å². The molecule has 2 aromatic rings. The van der Waals surface area contributed by atoms with E-state index in [0.29, 0.717) is 6.54 Å². The lowest BCUT2D eigenvalue weighted by molar-refractivity contribution is 0.512. The summed E-state index contributed by atoms with van der Waals surface area (Å²) in [4.78, 5) is 4.37. The highest BCUT2D eigenvalue weighted by molar-refractivity contribution is 5.79. The molecule has 0 spiro atoms. The van der Waals surface area contributed by atoms with E-state index in [2.05, 4.69) is 77.3 Å². The van der Waals surface area contributed by atoms with Crippen LogP contribution in [-0.4, -0.2) is 19.8 Å². The van der Waals surface area contributed by atoms with E-state index in [1.54, 1.807) is 0 Å². The molecule has 2 aliphatic heterocycles. The van der Waals surface area contributed by atoms with E-state index in [9.17, 15) is 0 Å². The molecule has 1 atom stereocenters. The van der Waals surface area contributed by atoms with Gasteiger partial charge in [0.15, 0.2) is 0 Å². The third-order valence-corrected chi connectivity index (χ3v) is 5.07. The van der Waals surface area contributed by atoms with Crippen LogP contribution in [0.2, 0.25) is 0 Å². The van der Waals surface area contributed by atoms with Gasteiger partial charge < -0.3 is 10.6 Å². The zero-order valence-electron chi connectivity index (χ0n) is 15.4. The van der Waals surface area contributed by atoms with Crippen LogP contribution in [0.25, 0.3) is 11.1 Å². The predicted octanol–water partition coefficient (Wildman–Crippen LogP) is 4.06. The topological polar surface area (TPSA) is 48.5 Å². The quantitative estimate of drug-likeness (QED) is 0.770. The summed E-state index contributed by atoms with van der Waals surface area (Å²) in [6.45, 7) is 5.00. The molecule has 4 heteroatoms. The SMILES string of the molecule is CN[C@H]1NC(=C2C=CC=NC2)Nc2c1ccc(-c1ccc(C)cc1)c2C. The number of rotatable bonds is 2. The van der Waals surface area contributed by atoms with Gasteiger partial charge in [0.1, 0.15) is 12.0 Å². The number of dihydropyridines is 1. The molecule has 2 aromatic carbocycles. The Balaban J connectivity index is 1.80. The highest BCUT2D eigenvalue weighted by Crippen LogP contribution is 2.37. The molecule has 0 aliphatic carbocycles. The first kappa shape index (κ1) is 16.6. The van der Waals surface area contributed by atoms with Gasteiger partial charge in [-0.15, -0.1) is 0 Å². The van der Waals surface area contributed by atoms with Crippen molar-refractivity contribution in [1.29, 1.82) is 0 Å². The molecule has 0 unspecified atom stereocenters. The molecule has 4 nitrogen and oxygen atoms in total. The molecule has 0 aromatic heterocycles. The molecule has 0 saturated carbocycles. The summed E-state index contributed by atoms with van der Waals surface area (Å²) in [6.07, 6.45) is 6.00. The highest BCUT2D eigenvalue weighted by atomic mass is 15.2. The maximum Gasteiger partial charge on any atom is 0.110 e. The molecular formula is C22H24N4. The van der Waals surface area contributed by atoms with Crippen LogP contribution < -0.4 is 16.0 Å². The highest BCUT2D eigenvalue weighted by Gasteiger charge is 2.25. The molecule has 0 fully saturated rings. The summed E-state index contributed by atoms with van der Waals surface area (Å²) < 4.78 is 0. The molecule has 2 heterocycles. The fourth-order valence-corrected chi connectivity index (χ4v) is 3.55.